The first-order valence-corrected chi connectivity index (χ1v) is 7.79. The predicted molar refractivity (Wildman–Crippen MR) is 78.9 cm³/mol. The van der Waals surface area contributed by atoms with Crippen LogP contribution in [-0.2, 0) is 11.8 Å². The summed E-state index contributed by atoms with van der Waals surface area (Å²) in [6, 6.07) is 0. The highest BCUT2D eigenvalue weighted by Crippen LogP contribution is 2.25. The number of carbonyl (C=O) groups is 1. The Morgan fingerprint density at radius 3 is 2.90 bits per heavy atom. The number of likely N-dealkylation sites (tertiary alicyclic amines) is 1. The predicted octanol–water partition coefficient (Wildman–Crippen LogP) is -0.574. The number of piperazine rings is 1. The van der Waals surface area contributed by atoms with E-state index in [1.807, 2.05) is 16.5 Å². The van der Waals surface area contributed by atoms with Gasteiger partial charge in [0.1, 0.15) is 12.2 Å². The lowest BCUT2D eigenvalue weighted by atomic mass is 9.97. The van der Waals surface area contributed by atoms with E-state index in [1.54, 1.807) is 6.33 Å². The van der Waals surface area contributed by atoms with Crippen LogP contribution in [0.25, 0.3) is 0 Å². The van der Waals surface area contributed by atoms with Crippen molar-refractivity contribution in [3.05, 3.63) is 12.2 Å². The number of nitrogens with one attached hydrogen (secondary N) is 1. The maximum atomic E-state index is 12.5. The van der Waals surface area contributed by atoms with Gasteiger partial charge in [0, 0.05) is 52.2 Å². The fourth-order valence-electron chi connectivity index (χ4n) is 3.24. The van der Waals surface area contributed by atoms with Gasteiger partial charge in [-0.3, -0.25) is 9.69 Å². The van der Waals surface area contributed by atoms with Crippen LogP contribution in [0.2, 0.25) is 0 Å². The van der Waals surface area contributed by atoms with E-state index in [4.69, 9.17) is 0 Å². The largest absolute Gasteiger partial charge is 0.341 e. The molecule has 1 amide bonds. The van der Waals surface area contributed by atoms with E-state index in [0.717, 1.165) is 57.9 Å². The molecule has 1 atom stereocenters. The number of rotatable bonds is 3. The summed E-state index contributed by atoms with van der Waals surface area (Å²) in [4.78, 5) is 16.7. The molecule has 116 valence electrons. The topological polar surface area (TPSA) is 66.3 Å². The second-order valence-electron chi connectivity index (χ2n) is 6.01. The minimum atomic E-state index is 0.253. The second-order valence-corrected chi connectivity index (χ2v) is 6.01. The van der Waals surface area contributed by atoms with Gasteiger partial charge >= 0.3 is 0 Å². The van der Waals surface area contributed by atoms with Crippen molar-refractivity contribution in [1.82, 2.24) is 29.9 Å². The van der Waals surface area contributed by atoms with E-state index >= 15 is 0 Å². The molecule has 1 unspecified atom stereocenters. The third kappa shape index (κ3) is 3.41. The summed E-state index contributed by atoms with van der Waals surface area (Å²) >= 11 is 0. The molecule has 0 aliphatic carbocycles. The second kappa shape index (κ2) is 6.53. The summed E-state index contributed by atoms with van der Waals surface area (Å²) in [5, 5.41) is 11.5. The molecule has 2 aliphatic heterocycles. The van der Waals surface area contributed by atoms with Crippen LogP contribution >= 0.6 is 0 Å². The Morgan fingerprint density at radius 2 is 2.19 bits per heavy atom. The summed E-state index contributed by atoms with van der Waals surface area (Å²) in [7, 11) is 1.97. The zero-order valence-electron chi connectivity index (χ0n) is 12.7. The van der Waals surface area contributed by atoms with E-state index in [-0.39, 0.29) is 5.91 Å². The summed E-state index contributed by atoms with van der Waals surface area (Å²) in [6.45, 7) is 6.09. The normalized spacial score (nSPS) is 24.2. The van der Waals surface area contributed by atoms with E-state index < -0.39 is 0 Å². The number of carbonyl (C=O) groups excluding carboxylic acids is 1. The number of hydrogen-bond donors (Lipinski definition) is 1. The minimum absolute atomic E-state index is 0.253. The molecule has 3 heterocycles. The number of hydrogen-bond acceptors (Lipinski definition) is 5. The third-order valence-corrected chi connectivity index (χ3v) is 4.45. The average molecular weight is 292 g/mol. The van der Waals surface area contributed by atoms with Gasteiger partial charge < -0.3 is 14.8 Å². The molecule has 2 aliphatic rings. The number of aromatic nitrogens is 3. The fraction of sp³-hybridized carbons (Fsp3) is 0.786. The first kappa shape index (κ1) is 14.5. The lowest BCUT2D eigenvalue weighted by molar-refractivity contribution is -0.133. The Morgan fingerprint density at radius 1 is 1.38 bits per heavy atom. The highest BCUT2D eigenvalue weighted by molar-refractivity contribution is 5.78. The van der Waals surface area contributed by atoms with Crippen molar-refractivity contribution in [2.45, 2.75) is 18.8 Å². The van der Waals surface area contributed by atoms with Crippen LogP contribution in [-0.4, -0.2) is 76.3 Å². The molecule has 7 heteroatoms. The first-order valence-electron chi connectivity index (χ1n) is 7.79. The number of piperidine rings is 1. The summed E-state index contributed by atoms with van der Waals surface area (Å²) in [5.74, 6) is 1.57. The molecular formula is C14H24N6O. The number of amides is 1. The van der Waals surface area contributed by atoms with Crippen molar-refractivity contribution in [3.8, 4) is 0 Å². The van der Waals surface area contributed by atoms with Crippen LogP contribution in [0.3, 0.4) is 0 Å². The molecule has 2 fully saturated rings. The lowest BCUT2D eigenvalue weighted by Crippen LogP contribution is -2.50. The Bertz CT molecular complexity index is 482. The molecule has 0 bridgehead atoms. The maximum absolute atomic E-state index is 12.5. The quantitative estimate of drug-likeness (QED) is 0.808. The molecule has 2 saturated heterocycles. The molecule has 21 heavy (non-hydrogen) atoms. The summed E-state index contributed by atoms with van der Waals surface area (Å²) in [6.07, 6.45) is 3.87. The molecular weight excluding hydrogens is 268 g/mol. The molecule has 7 nitrogen and oxygen atoms in total. The molecule has 3 rings (SSSR count). The molecule has 1 aromatic heterocycles. The van der Waals surface area contributed by atoms with Gasteiger partial charge in [-0.15, -0.1) is 10.2 Å². The van der Waals surface area contributed by atoms with Crippen LogP contribution in [0.5, 0.6) is 0 Å². The van der Waals surface area contributed by atoms with Gasteiger partial charge in [-0.1, -0.05) is 0 Å². The monoisotopic (exact) mass is 292 g/mol. The van der Waals surface area contributed by atoms with Crippen molar-refractivity contribution >= 4 is 5.91 Å². The van der Waals surface area contributed by atoms with E-state index in [2.05, 4.69) is 20.4 Å². The maximum Gasteiger partial charge on any atom is 0.236 e. The van der Waals surface area contributed by atoms with Crippen LogP contribution < -0.4 is 5.32 Å². The van der Waals surface area contributed by atoms with Gasteiger partial charge in [-0.05, 0) is 12.8 Å². The molecule has 0 spiro atoms. The summed E-state index contributed by atoms with van der Waals surface area (Å²) in [5.41, 5.74) is 0. The SMILES string of the molecule is Cn1cnnc1C1CCCN(C(=O)CN2CCNCC2)C1. The number of nitrogens with zero attached hydrogens (tertiary/aromatic N) is 5. The highest BCUT2D eigenvalue weighted by Gasteiger charge is 2.28. The highest BCUT2D eigenvalue weighted by atomic mass is 16.2. The van der Waals surface area contributed by atoms with Gasteiger partial charge in [0.25, 0.3) is 0 Å². The Hall–Kier alpha value is -1.47. The van der Waals surface area contributed by atoms with Gasteiger partial charge in [0.2, 0.25) is 5.91 Å². The van der Waals surface area contributed by atoms with Crippen molar-refractivity contribution in [2.24, 2.45) is 7.05 Å². The molecule has 0 saturated carbocycles. The van der Waals surface area contributed by atoms with Crippen LogP contribution in [0, 0.1) is 0 Å². The first-order chi connectivity index (χ1) is 10.2. The molecule has 1 N–H and O–H groups in total. The van der Waals surface area contributed by atoms with E-state index in [1.165, 1.54) is 0 Å². The minimum Gasteiger partial charge on any atom is -0.341 e. The van der Waals surface area contributed by atoms with Crippen molar-refractivity contribution in [2.75, 3.05) is 45.8 Å². The molecule has 0 radical (unpaired) electrons. The third-order valence-electron chi connectivity index (χ3n) is 4.45. The Kier molecular flexibility index (Phi) is 4.50. The number of aryl methyl sites for hydroxylation is 1. The smallest absolute Gasteiger partial charge is 0.236 e. The Balaban J connectivity index is 1.57. The van der Waals surface area contributed by atoms with Gasteiger partial charge in [0.05, 0.1) is 6.54 Å². The fourth-order valence-corrected chi connectivity index (χ4v) is 3.24. The van der Waals surface area contributed by atoms with E-state index in [0.29, 0.717) is 12.5 Å². The van der Waals surface area contributed by atoms with Gasteiger partial charge in [0.15, 0.2) is 0 Å². The Labute approximate surface area is 125 Å². The standard InChI is InChI=1S/C14H24N6O/c1-18-11-16-17-14(18)12-3-2-6-20(9-12)13(21)10-19-7-4-15-5-8-19/h11-12,15H,2-10H2,1H3. The summed E-state index contributed by atoms with van der Waals surface area (Å²) < 4.78 is 1.97. The lowest BCUT2D eigenvalue weighted by Gasteiger charge is -2.34. The van der Waals surface area contributed by atoms with Crippen molar-refractivity contribution in [1.29, 1.82) is 0 Å². The average Bonchev–Trinajstić information content (AvgIpc) is 2.94. The zero-order valence-corrected chi connectivity index (χ0v) is 12.7. The van der Waals surface area contributed by atoms with Crippen LogP contribution in [0.15, 0.2) is 6.33 Å². The molecule has 1 aromatic rings. The zero-order chi connectivity index (χ0) is 14.7. The molecule has 0 aromatic carbocycles. The van der Waals surface area contributed by atoms with Crippen molar-refractivity contribution < 1.29 is 4.79 Å². The van der Waals surface area contributed by atoms with E-state index in [9.17, 15) is 4.79 Å². The van der Waals surface area contributed by atoms with Gasteiger partial charge in [-0.2, -0.15) is 0 Å². The van der Waals surface area contributed by atoms with Crippen molar-refractivity contribution in [3.63, 3.8) is 0 Å². The van der Waals surface area contributed by atoms with Crippen LogP contribution in [0.1, 0.15) is 24.6 Å². The van der Waals surface area contributed by atoms with Crippen LogP contribution in [0.4, 0.5) is 0 Å². The van der Waals surface area contributed by atoms with Gasteiger partial charge in [-0.25, -0.2) is 0 Å².